The third-order valence-electron chi connectivity index (χ3n) is 4.13. The summed E-state index contributed by atoms with van der Waals surface area (Å²) >= 11 is 12.6. The highest BCUT2D eigenvalue weighted by molar-refractivity contribution is 6.35. The van der Waals surface area contributed by atoms with Crippen molar-refractivity contribution in [3.8, 4) is 0 Å². The first-order valence-electron chi connectivity index (χ1n) is 7.64. The minimum Gasteiger partial charge on any atom is -0.227 e. The molecule has 0 unspecified atom stereocenters. The molecule has 0 saturated carbocycles. The van der Waals surface area contributed by atoms with E-state index in [1.54, 1.807) is 6.07 Å². The zero-order valence-corrected chi connectivity index (χ0v) is 14.6. The number of aryl methyl sites for hydroxylation is 1. The van der Waals surface area contributed by atoms with Crippen LogP contribution < -0.4 is 4.57 Å². The number of nitrogens with zero attached hydrogens (tertiary/aromatic N) is 2. The van der Waals surface area contributed by atoms with E-state index >= 15 is 0 Å². The fourth-order valence-electron chi connectivity index (χ4n) is 2.98. The van der Waals surface area contributed by atoms with Gasteiger partial charge in [-0.05, 0) is 30.7 Å². The molecule has 5 heteroatoms. The highest BCUT2D eigenvalue weighted by Crippen LogP contribution is 2.25. The van der Waals surface area contributed by atoms with Crippen LogP contribution in [0.15, 0.2) is 36.4 Å². The average Bonchev–Trinajstić information content (AvgIpc) is 2.76. The minimum absolute atomic E-state index is 0.227. The first kappa shape index (κ1) is 16.3. The van der Waals surface area contributed by atoms with Crippen LogP contribution in [0.25, 0.3) is 11.0 Å². The summed E-state index contributed by atoms with van der Waals surface area (Å²) in [4.78, 5) is 0. The number of rotatable bonds is 4. The molecule has 0 aliphatic carbocycles. The van der Waals surface area contributed by atoms with Crippen LogP contribution in [0.2, 0.25) is 10.0 Å². The Balaban J connectivity index is 2.19. The molecule has 0 spiro atoms. The molecule has 120 valence electrons. The Labute approximate surface area is 145 Å². The maximum atomic E-state index is 13.7. The van der Waals surface area contributed by atoms with E-state index in [-0.39, 0.29) is 5.82 Å². The van der Waals surface area contributed by atoms with Crippen molar-refractivity contribution in [2.75, 3.05) is 0 Å². The molecule has 2 nitrogen and oxygen atoms in total. The number of aromatic nitrogens is 2. The van der Waals surface area contributed by atoms with Gasteiger partial charge in [0, 0.05) is 28.6 Å². The van der Waals surface area contributed by atoms with Crippen LogP contribution in [-0.4, -0.2) is 4.57 Å². The van der Waals surface area contributed by atoms with E-state index in [1.165, 1.54) is 6.07 Å². The van der Waals surface area contributed by atoms with Crippen molar-refractivity contribution in [3.05, 3.63) is 63.6 Å². The molecule has 0 bridgehead atoms. The lowest BCUT2D eigenvalue weighted by atomic mass is 10.2. The first-order valence-corrected chi connectivity index (χ1v) is 8.39. The number of imidazole rings is 1. The number of halogens is 3. The monoisotopic (exact) mass is 351 g/mol. The van der Waals surface area contributed by atoms with E-state index in [9.17, 15) is 4.39 Å². The number of hydrogen-bond acceptors (Lipinski definition) is 0. The van der Waals surface area contributed by atoms with Gasteiger partial charge in [-0.1, -0.05) is 36.2 Å². The fraction of sp³-hybridized carbons (Fsp3) is 0.278. The largest absolute Gasteiger partial charge is 0.254 e. The van der Waals surface area contributed by atoms with Crippen molar-refractivity contribution >= 4 is 34.2 Å². The van der Waals surface area contributed by atoms with Gasteiger partial charge < -0.3 is 0 Å². The Bertz CT molecular complexity index is 851. The van der Waals surface area contributed by atoms with Gasteiger partial charge >= 0.3 is 0 Å². The lowest BCUT2D eigenvalue weighted by Gasteiger charge is -2.06. The molecule has 23 heavy (non-hydrogen) atoms. The van der Waals surface area contributed by atoms with E-state index < -0.39 is 0 Å². The van der Waals surface area contributed by atoms with Gasteiger partial charge in [-0.15, -0.1) is 0 Å². The first-order chi connectivity index (χ1) is 11.0. The third kappa shape index (κ3) is 2.96. The molecule has 0 radical (unpaired) electrons. The molecule has 0 aliphatic rings. The van der Waals surface area contributed by atoms with Gasteiger partial charge in [-0.2, -0.15) is 0 Å². The highest BCUT2D eigenvalue weighted by atomic mass is 35.5. The van der Waals surface area contributed by atoms with E-state index in [4.69, 9.17) is 23.2 Å². The summed E-state index contributed by atoms with van der Waals surface area (Å²) in [6, 6.07) is 10.4. The summed E-state index contributed by atoms with van der Waals surface area (Å²) in [6.45, 7) is 5.55. The van der Waals surface area contributed by atoms with Crippen LogP contribution in [0.5, 0.6) is 0 Å². The molecular formula is C18H18Cl2FN2+. The highest BCUT2D eigenvalue weighted by Gasteiger charge is 2.23. The lowest BCUT2D eigenvalue weighted by Crippen LogP contribution is -2.37. The summed E-state index contributed by atoms with van der Waals surface area (Å²) in [5, 5.41) is 1.28. The molecule has 0 aliphatic heterocycles. The molecule has 0 saturated heterocycles. The molecule has 0 N–H and O–H groups in total. The van der Waals surface area contributed by atoms with Gasteiger partial charge in [0.15, 0.2) is 11.0 Å². The van der Waals surface area contributed by atoms with Gasteiger partial charge in [0.25, 0.3) is 5.82 Å². The topological polar surface area (TPSA) is 8.81 Å². The number of fused-ring (bicyclic) bond motifs is 1. The maximum absolute atomic E-state index is 13.7. The van der Waals surface area contributed by atoms with Gasteiger partial charge in [0.1, 0.15) is 12.4 Å². The lowest BCUT2D eigenvalue weighted by molar-refractivity contribution is -0.669. The van der Waals surface area contributed by atoms with E-state index in [2.05, 4.69) is 16.1 Å². The minimum atomic E-state index is -0.227. The quantitative estimate of drug-likeness (QED) is 0.575. The summed E-state index contributed by atoms with van der Waals surface area (Å²) in [6.07, 6.45) is 0.980. The zero-order chi connectivity index (χ0) is 16.6. The zero-order valence-electron chi connectivity index (χ0n) is 13.1. The van der Waals surface area contributed by atoms with Gasteiger partial charge in [0.05, 0.1) is 6.54 Å². The predicted octanol–water partition coefficient (Wildman–Crippen LogP) is 5.14. The maximum Gasteiger partial charge on any atom is 0.254 e. The molecule has 3 rings (SSSR count). The standard InChI is InChI=1S/C18H18Cl2FN2/c1-3-9-22-12(2)23(17-8-7-13(21)10-18(17)22)11-14-15(19)5-4-6-16(14)20/h4-8,10H,3,9,11H2,1-2H3/q+1. The molecule has 0 atom stereocenters. The summed E-state index contributed by atoms with van der Waals surface area (Å²) in [5.41, 5.74) is 2.75. The van der Waals surface area contributed by atoms with Crippen molar-refractivity contribution in [2.45, 2.75) is 33.4 Å². The Morgan fingerprint density at radius 3 is 2.48 bits per heavy atom. The van der Waals surface area contributed by atoms with Gasteiger partial charge in [-0.3, -0.25) is 0 Å². The predicted molar refractivity (Wildman–Crippen MR) is 92.7 cm³/mol. The SMILES string of the molecule is CCCn1c(C)[n+](Cc2c(Cl)cccc2Cl)c2ccc(F)cc21. The summed E-state index contributed by atoms with van der Waals surface area (Å²) in [5.74, 6) is 0.832. The van der Waals surface area contributed by atoms with Gasteiger partial charge in [-0.25, -0.2) is 13.5 Å². The molecule has 2 aromatic carbocycles. The fourth-order valence-corrected chi connectivity index (χ4v) is 3.50. The average molecular weight is 352 g/mol. The van der Waals surface area contributed by atoms with Gasteiger partial charge in [0.2, 0.25) is 0 Å². The molecule has 1 heterocycles. The second kappa shape index (κ2) is 6.50. The van der Waals surface area contributed by atoms with Crippen LogP contribution in [0, 0.1) is 12.7 Å². The number of benzene rings is 2. The molecule has 1 aromatic heterocycles. The molecular weight excluding hydrogens is 334 g/mol. The normalized spacial score (nSPS) is 11.3. The Morgan fingerprint density at radius 1 is 1.13 bits per heavy atom. The van der Waals surface area contributed by atoms with E-state index in [0.29, 0.717) is 16.6 Å². The van der Waals surface area contributed by atoms with Crippen LogP contribution in [-0.2, 0) is 13.1 Å². The van der Waals surface area contributed by atoms with Crippen molar-refractivity contribution in [3.63, 3.8) is 0 Å². The smallest absolute Gasteiger partial charge is 0.227 e. The Kier molecular flexibility index (Phi) is 4.60. The van der Waals surface area contributed by atoms with E-state index in [1.807, 2.05) is 31.2 Å². The summed E-state index contributed by atoms with van der Waals surface area (Å²) in [7, 11) is 0. The molecule has 0 amide bonds. The van der Waals surface area contributed by atoms with Crippen molar-refractivity contribution in [2.24, 2.45) is 0 Å². The molecule has 0 fully saturated rings. The van der Waals surface area contributed by atoms with Crippen molar-refractivity contribution in [1.29, 1.82) is 0 Å². The van der Waals surface area contributed by atoms with Crippen LogP contribution in [0.4, 0.5) is 4.39 Å². The third-order valence-corrected chi connectivity index (χ3v) is 4.83. The van der Waals surface area contributed by atoms with Crippen molar-refractivity contribution in [1.82, 2.24) is 4.57 Å². The van der Waals surface area contributed by atoms with Crippen molar-refractivity contribution < 1.29 is 8.96 Å². The van der Waals surface area contributed by atoms with E-state index in [0.717, 1.165) is 35.4 Å². The van der Waals surface area contributed by atoms with Crippen LogP contribution in [0.3, 0.4) is 0 Å². The Morgan fingerprint density at radius 2 is 1.83 bits per heavy atom. The van der Waals surface area contributed by atoms with Crippen LogP contribution in [0.1, 0.15) is 24.7 Å². The van der Waals surface area contributed by atoms with Crippen LogP contribution >= 0.6 is 23.2 Å². The summed E-state index contributed by atoms with van der Waals surface area (Å²) < 4.78 is 18.0. The Hall–Kier alpha value is -1.58. The second-order valence-electron chi connectivity index (χ2n) is 5.62. The number of hydrogen-bond donors (Lipinski definition) is 0. The molecule has 3 aromatic rings. The second-order valence-corrected chi connectivity index (χ2v) is 6.43.